The summed E-state index contributed by atoms with van der Waals surface area (Å²) in [7, 11) is 1.49. The minimum absolute atomic E-state index is 0.0969. The predicted molar refractivity (Wildman–Crippen MR) is 111 cm³/mol. The molecule has 2 aromatic heterocycles. The van der Waals surface area contributed by atoms with Crippen LogP contribution in [-0.4, -0.2) is 36.3 Å². The first-order chi connectivity index (χ1) is 14.5. The second-order valence-electron chi connectivity index (χ2n) is 6.25. The SMILES string of the molecule is CNC(=O)CNC(=O)c1ccc(-c2cccc(CNC(=O)c3cccc(Cl)n3)c2)o1. The molecular formula is C21H19ClN4O4. The molecule has 0 saturated heterocycles. The van der Waals surface area contributed by atoms with E-state index in [0.29, 0.717) is 5.76 Å². The molecule has 30 heavy (non-hydrogen) atoms. The second kappa shape index (κ2) is 9.71. The molecule has 0 aliphatic heterocycles. The standard InChI is InChI=1S/C21H19ClN4O4/c1-23-19(27)12-25-21(29)17-9-8-16(30-17)14-5-2-4-13(10-14)11-24-20(28)15-6-3-7-18(22)26-15/h2-10H,11-12H2,1H3,(H,23,27)(H,24,28)(H,25,29). The monoisotopic (exact) mass is 426 g/mol. The number of amides is 3. The summed E-state index contributed by atoms with van der Waals surface area (Å²) in [6.07, 6.45) is 0. The van der Waals surface area contributed by atoms with E-state index in [1.54, 1.807) is 24.3 Å². The maximum Gasteiger partial charge on any atom is 0.287 e. The molecule has 0 aliphatic rings. The Morgan fingerprint density at radius 3 is 2.57 bits per heavy atom. The first kappa shape index (κ1) is 21.1. The minimum Gasteiger partial charge on any atom is -0.451 e. The van der Waals surface area contributed by atoms with Crippen LogP contribution >= 0.6 is 11.6 Å². The first-order valence-corrected chi connectivity index (χ1v) is 9.43. The Kier molecular flexibility index (Phi) is 6.82. The van der Waals surface area contributed by atoms with Crippen molar-refractivity contribution in [2.75, 3.05) is 13.6 Å². The number of likely N-dealkylation sites (N-methyl/N-ethyl adjacent to an activating group) is 1. The van der Waals surface area contributed by atoms with Crippen LogP contribution in [-0.2, 0) is 11.3 Å². The van der Waals surface area contributed by atoms with E-state index in [1.807, 2.05) is 24.3 Å². The van der Waals surface area contributed by atoms with E-state index in [9.17, 15) is 14.4 Å². The predicted octanol–water partition coefficient (Wildman–Crippen LogP) is 2.40. The number of carbonyl (C=O) groups is 3. The highest BCUT2D eigenvalue weighted by Crippen LogP contribution is 2.23. The topological polar surface area (TPSA) is 113 Å². The third kappa shape index (κ3) is 5.45. The molecule has 2 heterocycles. The van der Waals surface area contributed by atoms with Gasteiger partial charge in [-0.05, 0) is 35.9 Å². The Morgan fingerprint density at radius 2 is 1.80 bits per heavy atom. The number of pyridine rings is 1. The van der Waals surface area contributed by atoms with E-state index in [1.165, 1.54) is 13.1 Å². The highest BCUT2D eigenvalue weighted by molar-refractivity contribution is 6.29. The fourth-order valence-electron chi connectivity index (χ4n) is 2.59. The van der Waals surface area contributed by atoms with Gasteiger partial charge < -0.3 is 20.4 Å². The van der Waals surface area contributed by atoms with Crippen LogP contribution in [0.3, 0.4) is 0 Å². The average molecular weight is 427 g/mol. The lowest BCUT2D eigenvalue weighted by Crippen LogP contribution is -2.34. The van der Waals surface area contributed by atoms with Crippen molar-refractivity contribution in [1.29, 1.82) is 0 Å². The number of halogens is 1. The number of nitrogens with zero attached hydrogens (tertiary/aromatic N) is 1. The van der Waals surface area contributed by atoms with Crippen molar-refractivity contribution in [2.24, 2.45) is 0 Å². The summed E-state index contributed by atoms with van der Waals surface area (Å²) in [5.74, 6) is -0.541. The Bertz CT molecular complexity index is 1080. The highest BCUT2D eigenvalue weighted by atomic mass is 35.5. The Balaban J connectivity index is 1.64. The van der Waals surface area contributed by atoms with Gasteiger partial charge in [-0.1, -0.05) is 35.9 Å². The van der Waals surface area contributed by atoms with Gasteiger partial charge in [-0.15, -0.1) is 0 Å². The van der Waals surface area contributed by atoms with E-state index in [0.717, 1.165) is 11.1 Å². The molecule has 0 unspecified atom stereocenters. The van der Waals surface area contributed by atoms with Crippen molar-refractivity contribution in [1.82, 2.24) is 20.9 Å². The highest BCUT2D eigenvalue weighted by Gasteiger charge is 2.13. The number of carbonyl (C=O) groups excluding carboxylic acids is 3. The zero-order valence-electron chi connectivity index (χ0n) is 16.1. The largest absolute Gasteiger partial charge is 0.451 e. The Hall–Kier alpha value is -3.65. The van der Waals surface area contributed by atoms with Crippen molar-refractivity contribution in [3.8, 4) is 11.3 Å². The third-order valence-electron chi connectivity index (χ3n) is 4.13. The van der Waals surface area contributed by atoms with Gasteiger partial charge in [0, 0.05) is 19.2 Å². The fourth-order valence-corrected chi connectivity index (χ4v) is 2.76. The summed E-state index contributed by atoms with van der Waals surface area (Å²) in [5, 5.41) is 7.92. The lowest BCUT2D eigenvalue weighted by molar-refractivity contribution is -0.119. The molecule has 3 aromatic rings. The van der Waals surface area contributed by atoms with Gasteiger partial charge in [0.1, 0.15) is 16.6 Å². The van der Waals surface area contributed by atoms with Gasteiger partial charge >= 0.3 is 0 Å². The van der Waals surface area contributed by atoms with Crippen LogP contribution in [0.1, 0.15) is 26.6 Å². The molecule has 9 heteroatoms. The van der Waals surface area contributed by atoms with E-state index in [2.05, 4.69) is 20.9 Å². The number of benzene rings is 1. The summed E-state index contributed by atoms with van der Waals surface area (Å²) < 4.78 is 5.60. The molecule has 154 valence electrons. The average Bonchev–Trinajstić information content (AvgIpc) is 3.26. The number of furan rings is 1. The molecule has 3 N–H and O–H groups in total. The van der Waals surface area contributed by atoms with E-state index < -0.39 is 5.91 Å². The molecule has 0 saturated carbocycles. The maximum absolute atomic E-state index is 12.2. The van der Waals surface area contributed by atoms with Gasteiger partial charge in [-0.25, -0.2) is 4.98 Å². The molecule has 8 nitrogen and oxygen atoms in total. The summed E-state index contributed by atoms with van der Waals surface area (Å²) in [4.78, 5) is 39.5. The lowest BCUT2D eigenvalue weighted by atomic mass is 10.1. The molecule has 0 atom stereocenters. The normalized spacial score (nSPS) is 10.3. The molecule has 1 aromatic carbocycles. The molecule has 0 aliphatic carbocycles. The van der Waals surface area contributed by atoms with Crippen molar-refractivity contribution in [2.45, 2.75) is 6.54 Å². The van der Waals surface area contributed by atoms with Crippen LogP contribution in [0.4, 0.5) is 0 Å². The van der Waals surface area contributed by atoms with Gasteiger partial charge in [-0.2, -0.15) is 0 Å². The Labute approximate surface area is 177 Å². The summed E-state index contributed by atoms with van der Waals surface area (Å²) in [6.45, 7) is 0.142. The van der Waals surface area contributed by atoms with Crippen LogP contribution in [0.15, 0.2) is 59.0 Å². The number of hydrogen-bond acceptors (Lipinski definition) is 5. The maximum atomic E-state index is 12.2. The van der Waals surface area contributed by atoms with E-state index in [-0.39, 0.29) is 41.5 Å². The van der Waals surface area contributed by atoms with Crippen molar-refractivity contribution in [3.05, 3.63) is 76.8 Å². The molecule has 0 fully saturated rings. The molecule has 0 bridgehead atoms. The van der Waals surface area contributed by atoms with E-state index >= 15 is 0 Å². The zero-order valence-corrected chi connectivity index (χ0v) is 16.8. The van der Waals surface area contributed by atoms with Gasteiger partial charge in [0.15, 0.2) is 5.76 Å². The summed E-state index contributed by atoms with van der Waals surface area (Å²) >= 11 is 5.81. The van der Waals surface area contributed by atoms with Crippen molar-refractivity contribution in [3.63, 3.8) is 0 Å². The van der Waals surface area contributed by atoms with Crippen LogP contribution in [0.5, 0.6) is 0 Å². The quantitative estimate of drug-likeness (QED) is 0.502. The first-order valence-electron chi connectivity index (χ1n) is 9.05. The lowest BCUT2D eigenvalue weighted by Gasteiger charge is -2.07. The number of rotatable bonds is 7. The van der Waals surface area contributed by atoms with Gasteiger partial charge in [-0.3, -0.25) is 14.4 Å². The molecule has 3 amide bonds. The van der Waals surface area contributed by atoms with Crippen molar-refractivity contribution < 1.29 is 18.8 Å². The van der Waals surface area contributed by atoms with Gasteiger partial charge in [0.05, 0.1) is 6.54 Å². The third-order valence-corrected chi connectivity index (χ3v) is 4.34. The van der Waals surface area contributed by atoms with Crippen molar-refractivity contribution >= 4 is 29.3 Å². The fraction of sp³-hybridized carbons (Fsp3) is 0.143. The van der Waals surface area contributed by atoms with Crippen LogP contribution < -0.4 is 16.0 Å². The molecular weight excluding hydrogens is 408 g/mol. The Morgan fingerprint density at radius 1 is 1.00 bits per heavy atom. The van der Waals surface area contributed by atoms with E-state index in [4.69, 9.17) is 16.0 Å². The molecule has 3 rings (SSSR count). The molecule has 0 spiro atoms. The number of hydrogen-bond donors (Lipinski definition) is 3. The van der Waals surface area contributed by atoms with Crippen LogP contribution in [0.25, 0.3) is 11.3 Å². The van der Waals surface area contributed by atoms with Crippen LogP contribution in [0.2, 0.25) is 5.15 Å². The summed E-state index contributed by atoms with van der Waals surface area (Å²) in [6, 6.07) is 15.4. The summed E-state index contributed by atoms with van der Waals surface area (Å²) in [5.41, 5.74) is 1.81. The number of aromatic nitrogens is 1. The minimum atomic E-state index is -0.484. The smallest absolute Gasteiger partial charge is 0.287 e. The zero-order chi connectivity index (χ0) is 21.5. The van der Waals surface area contributed by atoms with Gasteiger partial charge in [0.2, 0.25) is 5.91 Å². The van der Waals surface area contributed by atoms with Gasteiger partial charge in [0.25, 0.3) is 11.8 Å². The molecule has 0 radical (unpaired) electrons. The second-order valence-corrected chi connectivity index (χ2v) is 6.64. The number of nitrogens with one attached hydrogen (secondary N) is 3. The van der Waals surface area contributed by atoms with Crippen LogP contribution in [0, 0.1) is 0 Å².